The molecule has 2 heteroatoms. The fourth-order valence-electron chi connectivity index (χ4n) is 1.89. The molecule has 1 saturated heterocycles. The minimum Gasteiger partial charge on any atom is -0.316 e. The van der Waals surface area contributed by atoms with Crippen molar-refractivity contribution >= 4 is 0 Å². The molecule has 1 fully saturated rings. The van der Waals surface area contributed by atoms with Crippen LogP contribution >= 0.6 is 0 Å². The van der Waals surface area contributed by atoms with Gasteiger partial charge in [-0.15, -0.1) is 0 Å². The predicted octanol–water partition coefficient (Wildman–Crippen LogP) is 2.15. The molecule has 0 radical (unpaired) electrons. The molecule has 0 aromatic rings. The van der Waals surface area contributed by atoms with Crippen molar-refractivity contribution in [3.63, 3.8) is 0 Å². The van der Waals surface area contributed by atoms with Crippen molar-refractivity contribution in [3.8, 4) is 0 Å². The fraction of sp³-hybridized carbons (Fsp3) is 1.00. The fourth-order valence-corrected chi connectivity index (χ4v) is 1.89. The maximum absolute atomic E-state index is 3.61. The molecule has 1 atom stereocenters. The van der Waals surface area contributed by atoms with E-state index in [0.29, 0.717) is 0 Å². The Morgan fingerprint density at radius 3 is 2.71 bits per heavy atom. The van der Waals surface area contributed by atoms with E-state index in [1.54, 1.807) is 0 Å². The van der Waals surface area contributed by atoms with Crippen molar-refractivity contribution in [2.24, 2.45) is 5.92 Å². The van der Waals surface area contributed by atoms with Crippen LogP contribution in [0.5, 0.6) is 0 Å². The van der Waals surface area contributed by atoms with Crippen LogP contribution < -0.4 is 10.6 Å². The standard InChI is InChI=1S/C12H26N2/c1-3-4-5-6-11(2)14-8-7-12-9-13-10-12/h11-14H,3-10H2,1-2H3. The Balaban J connectivity index is 1.84. The summed E-state index contributed by atoms with van der Waals surface area (Å²) >= 11 is 0. The van der Waals surface area contributed by atoms with Crippen molar-refractivity contribution < 1.29 is 0 Å². The van der Waals surface area contributed by atoms with Gasteiger partial charge in [-0.05, 0) is 45.3 Å². The summed E-state index contributed by atoms with van der Waals surface area (Å²) < 4.78 is 0. The smallest absolute Gasteiger partial charge is 0.00387 e. The van der Waals surface area contributed by atoms with E-state index in [0.717, 1.165) is 12.0 Å². The highest BCUT2D eigenvalue weighted by molar-refractivity contribution is 4.75. The Kier molecular flexibility index (Phi) is 6.20. The lowest BCUT2D eigenvalue weighted by Gasteiger charge is -2.27. The normalized spacial score (nSPS) is 19.3. The van der Waals surface area contributed by atoms with Gasteiger partial charge in [0.25, 0.3) is 0 Å². The molecule has 0 amide bonds. The van der Waals surface area contributed by atoms with Gasteiger partial charge in [-0.2, -0.15) is 0 Å². The molecule has 0 spiro atoms. The molecule has 1 aliphatic rings. The summed E-state index contributed by atoms with van der Waals surface area (Å²) in [5, 5.41) is 6.93. The average Bonchev–Trinajstić information content (AvgIpc) is 2.10. The zero-order chi connectivity index (χ0) is 10.2. The van der Waals surface area contributed by atoms with Crippen LogP contribution in [0.3, 0.4) is 0 Å². The zero-order valence-electron chi connectivity index (χ0n) is 9.81. The van der Waals surface area contributed by atoms with Gasteiger partial charge in [-0.1, -0.05) is 26.2 Å². The Labute approximate surface area is 88.8 Å². The van der Waals surface area contributed by atoms with Crippen molar-refractivity contribution in [3.05, 3.63) is 0 Å². The first-order chi connectivity index (χ1) is 6.83. The molecule has 0 aromatic heterocycles. The molecule has 1 rings (SSSR count). The maximum atomic E-state index is 3.61. The van der Waals surface area contributed by atoms with Crippen LogP contribution in [-0.4, -0.2) is 25.7 Å². The van der Waals surface area contributed by atoms with Crippen LogP contribution in [0.2, 0.25) is 0 Å². The summed E-state index contributed by atoms with van der Waals surface area (Å²) in [4.78, 5) is 0. The van der Waals surface area contributed by atoms with E-state index in [9.17, 15) is 0 Å². The van der Waals surface area contributed by atoms with Crippen molar-refractivity contribution in [2.45, 2.75) is 52.0 Å². The van der Waals surface area contributed by atoms with Gasteiger partial charge in [-0.3, -0.25) is 0 Å². The molecule has 1 aliphatic heterocycles. The number of nitrogens with one attached hydrogen (secondary N) is 2. The van der Waals surface area contributed by atoms with E-state index < -0.39 is 0 Å². The second-order valence-corrected chi connectivity index (χ2v) is 4.66. The van der Waals surface area contributed by atoms with E-state index in [1.165, 1.54) is 51.7 Å². The molecule has 14 heavy (non-hydrogen) atoms. The zero-order valence-corrected chi connectivity index (χ0v) is 9.81. The molecule has 0 aliphatic carbocycles. The van der Waals surface area contributed by atoms with Crippen LogP contribution in [0.4, 0.5) is 0 Å². The Morgan fingerprint density at radius 2 is 2.14 bits per heavy atom. The number of hydrogen-bond donors (Lipinski definition) is 2. The first kappa shape index (κ1) is 12.0. The summed E-state index contributed by atoms with van der Waals surface area (Å²) in [5.74, 6) is 0.949. The third-order valence-electron chi connectivity index (χ3n) is 3.15. The molecule has 2 nitrogen and oxygen atoms in total. The summed E-state index contributed by atoms with van der Waals surface area (Å²) in [7, 11) is 0. The predicted molar refractivity (Wildman–Crippen MR) is 62.6 cm³/mol. The first-order valence-electron chi connectivity index (χ1n) is 6.27. The van der Waals surface area contributed by atoms with Crippen molar-refractivity contribution in [1.82, 2.24) is 10.6 Å². The maximum Gasteiger partial charge on any atom is 0.00387 e. The number of unbranched alkanes of at least 4 members (excludes halogenated alkanes) is 2. The lowest BCUT2D eigenvalue weighted by Crippen LogP contribution is -2.43. The third kappa shape index (κ3) is 4.97. The summed E-state index contributed by atoms with van der Waals surface area (Å²) in [6.45, 7) is 8.27. The van der Waals surface area contributed by atoms with Crippen molar-refractivity contribution in [2.75, 3.05) is 19.6 Å². The largest absolute Gasteiger partial charge is 0.316 e. The van der Waals surface area contributed by atoms with Crippen LogP contribution in [0.25, 0.3) is 0 Å². The second kappa shape index (κ2) is 7.24. The quantitative estimate of drug-likeness (QED) is 0.584. The third-order valence-corrected chi connectivity index (χ3v) is 3.15. The van der Waals surface area contributed by atoms with E-state index in [1.807, 2.05) is 0 Å². The molecular formula is C12H26N2. The Hall–Kier alpha value is -0.0800. The topological polar surface area (TPSA) is 24.1 Å². The monoisotopic (exact) mass is 198 g/mol. The second-order valence-electron chi connectivity index (χ2n) is 4.66. The van der Waals surface area contributed by atoms with Crippen LogP contribution in [-0.2, 0) is 0 Å². The molecule has 2 N–H and O–H groups in total. The lowest BCUT2D eigenvalue weighted by molar-refractivity contribution is 0.315. The van der Waals surface area contributed by atoms with Gasteiger partial charge in [-0.25, -0.2) is 0 Å². The summed E-state index contributed by atoms with van der Waals surface area (Å²) in [6, 6.07) is 0.717. The van der Waals surface area contributed by atoms with Gasteiger partial charge in [0.05, 0.1) is 0 Å². The molecule has 84 valence electrons. The van der Waals surface area contributed by atoms with Gasteiger partial charge in [0.1, 0.15) is 0 Å². The van der Waals surface area contributed by atoms with Gasteiger partial charge in [0, 0.05) is 6.04 Å². The minimum absolute atomic E-state index is 0.717. The van der Waals surface area contributed by atoms with Gasteiger partial charge in [0.15, 0.2) is 0 Å². The van der Waals surface area contributed by atoms with E-state index in [2.05, 4.69) is 24.5 Å². The summed E-state index contributed by atoms with van der Waals surface area (Å²) in [6.07, 6.45) is 6.80. The Morgan fingerprint density at radius 1 is 1.36 bits per heavy atom. The summed E-state index contributed by atoms with van der Waals surface area (Å²) in [5.41, 5.74) is 0. The Bertz CT molecular complexity index is 132. The highest BCUT2D eigenvalue weighted by Gasteiger charge is 2.15. The number of rotatable bonds is 8. The molecule has 0 saturated carbocycles. The average molecular weight is 198 g/mol. The van der Waals surface area contributed by atoms with E-state index in [4.69, 9.17) is 0 Å². The molecular weight excluding hydrogens is 172 g/mol. The first-order valence-corrected chi connectivity index (χ1v) is 6.27. The van der Waals surface area contributed by atoms with Gasteiger partial charge >= 0.3 is 0 Å². The van der Waals surface area contributed by atoms with E-state index in [-0.39, 0.29) is 0 Å². The SMILES string of the molecule is CCCCCC(C)NCCC1CNC1. The van der Waals surface area contributed by atoms with Crippen LogP contribution in [0, 0.1) is 5.92 Å². The molecule has 0 aromatic carbocycles. The van der Waals surface area contributed by atoms with E-state index >= 15 is 0 Å². The molecule has 0 bridgehead atoms. The van der Waals surface area contributed by atoms with Crippen molar-refractivity contribution in [1.29, 1.82) is 0 Å². The van der Waals surface area contributed by atoms with Gasteiger partial charge < -0.3 is 10.6 Å². The number of hydrogen-bond acceptors (Lipinski definition) is 2. The van der Waals surface area contributed by atoms with Crippen LogP contribution in [0.15, 0.2) is 0 Å². The highest BCUT2D eigenvalue weighted by Crippen LogP contribution is 2.07. The van der Waals surface area contributed by atoms with Gasteiger partial charge in [0.2, 0.25) is 0 Å². The lowest BCUT2D eigenvalue weighted by atomic mass is 9.99. The van der Waals surface area contributed by atoms with Crippen LogP contribution in [0.1, 0.15) is 46.0 Å². The highest BCUT2D eigenvalue weighted by atomic mass is 15.0. The molecule has 1 unspecified atom stereocenters. The minimum atomic E-state index is 0.717. The molecule has 1 heterocycles.